The van der Waals surface area contributed by atoms with Gasteiger partial charge in [-0.2, -0.15) is 0 Å². The Hall–Kier alpha value is -2.41. The van der Waals surface area contributed by atoms with E-state index in [4.69, 9.17) is 0 Å². The van der Waals surface area contributed by atoms with Crippen molar-refractivity contribution >= 4 is 32.6 Å². The smallest absolute Gasteiger partial charge is 0.232 e. The van der Waals surface area contributed by atoms with Gasteiger partial charge in [0.05, 0.1) is 16.8 Å². The van der Waals surface area contributed by atoms with Crippen LogP contribution < -0.4 is 4.90 Å². The number of fused-ring (bicyclic) bond motifs is 1. The highest BCUT2D eigenvalue weighted by Crippen LogP contribution is 2.34. The van der Waals surface area contributed by atoms with Crippen LogP contribution in [0.3, 0.4) is 0 Å². The number of benzene rings is 1. The molecule has 0 N–H and O–H groups in total. The molecule has 140 valence electrons. The van der Waals surface area contributed by atoms with Crippen LogP contribution in [-0.4, -0.2) is 15.9 Å². The van der Waals surface area contributed by atoms with Crippen molar-refractivity contribution in [2.75, 3.05) is 4.90 Å². The summed E-state index contributed by atoms with van der Waals surface area (Å²) in [4.78, 5) is 23.4. The maximum Gasteiger partial charge on any atom is 0.232 e. The first-order valence-electron chi connectivity index (χ1n) is 9.07. The molecule has 4 nitrogen and oxygen atoms in total. The first kappa shape index (κ1) is 18.0. The van der Waals surface area contributed by atoms with Crippen LogP contribution in [0.1, 0.15) is 37.7 Å². The number of hydrogen-bond donors (Lipinski definition) is 0. The van der Waals surface area contributed by atoms with Crippen molar-refractivity contribution < 1.29 is 13.6 Å². The molecular weight excluding hydrogens is 368 g/mol. The van der Waals surface area contributed by atoms with Crippen LogP contribution in [0.2, 0.25) is 0 Å². The lowest BCUT2D eigenvalue weighted by Crippen LogP contribution is -2.36. The number of rotatable bonds is 4. The molecule has 3 aromatic rings. The molecule has 0 aliphatic heterocycles. The van der Waals surface area contributed by atoms with E-state index in [0.29, 0.717) is 21.9 Å². The van der Waals surface area contributed by atoms with Crippen molar-refractivity contribution in [2.45, 2.75) is 38.6 Å². The minimum Gasteiger partial charge on any atom is -0.283 e. The molecule has 2 heterocycles. The van der Waals surface area contributed by atoms with Gasteiger partial charge in [-0.25, -0.2) is 13.8 Å². The number of thiazole rings is 1. The van der Waals surface area contributed by atoms with Gasteiger partial charge in [0.25, 0.3) is 0 Å². The molecule has 0 bridgehead atoms. The van der Waals surface area contributed by atoms with E-state index in [-0.39, 0.29) is 11.8 Å². The summed E-state index contributed by atoms with van der Waals surface area (Å²) in [5.41, 5.74) is 1.25. The van der Waals surface area contributed by atoms with Crippen molar-refractivity contribution in [2.24, 2.45) is 5.92 Å². The Morgan fingerprint density at radius 2 is 1.96 bits per heavy atom. The summed E-state index contributed by atoms with van der Waals surface area (Å²) in [6.45, 7) is 0.341. The van der Waals surface area contributed by atoms with E-state index in [2.05, 4.69) is 9.97 Å². The van der Waals surface area contributed by atoms with Crippen molar-refractivity contribution in [3.05, 3.63) is 53.9 Å². The normalized spacial score (nSPS) is 15.2. The molecule has 1 amide bonds. The summed E-state index contributed by atoms with van der Waals surface area (Å²) in [6, 6.07) is 5.94. The molecular formula is C20H19F2N3OS. The van der Waals surface area contributed by atoms with E-state index >= 15 is 0 Å². The third-order valence-corrected chi connectivity index (χ3v) is 5.98. The van der Waals surface area contributed by atoms with Gasteiger partial charge in [0.2, 0.25) is 5.91 Å². The van der Waals surface area contributed by atoms with Crippen molar-refractivity contribution in [3.63, 3.8) is 0 Å². The van der Waals surface area contributed by atoms with Gasteiger partial charge in [-0.15, -0.1) is 0 Å². The minimum absolute atomic E-state index is 0.0264. The van der Waals surface area contributed by atoms with Crippen LogP contribution in [0.25, 0.3) is 10.2 Å². The molecule has 7 heteroatoms. The molecule has 0 radical (unpaired) electrons. The van der Waals surface area contributed by atoms with E-state index in [1.807, 2.05) is 12.1 Å². The van der Waals surface area contributed by atoms with Crippen LogP contribution >= 0.6 is 11.3 Å². The SMILES string of the molecule is O=C(C1CCCCC1)N(Cc1cccnc1)c1nc2cc(F)c(F)cc2s1. The number of aromatic nitrogens is 2. The number of amides is 1. The van der Waals surface area contributed by atoms with Crippen molar-refractivity contribution in [1.82, 2.24) is 9.97 Å². The molecule has 1 aliphatic carbocycles. The van der Waals surface area contributed by atoms with Crippen LogP contribution in [-0.2, 0) is 11.3 Å². The molecule has 2 aromatic heterocycles. The minimum atomic E-state index is -0.934. The zero-order valence-electron chi connectivity index (χ0n) is 14.7. The first-order chi connectivity index (χ1) is 13.1. The lowest BCUT2D eigenvalue weighted by Gasteiger charge is -2.27. The molecule has 1 saturated carbocycles. The Morgan fingerprint density at radius 3 is 2.70 bits per heavy atom. The average Bonchev–Trinajstić information content (AvgIpc) is 3.10. The standard InChI is InChI=1S/C20H19F2N3OS/c21-15-9-17-18(10-16(15)22)27-20(24-17)25(12-13-5-4-8-23-11-13)19(26)14-6-2-1-3-7-14/h4-5,8-11,14H,1-3,6-7,12H2. The number of carbonyl (C=O) groups is 1. The van der Waals surface area contributed by atoms with Crippen molar-refractivity contribution in [3.8, 4) is 0 Å². The fourth-order valence-electron chi connectivity index (χ4n) is 3.51. The molecule has 1 fully saturated rings. The predicted octanol–water partition coefficient (Wildman–Crippen LogP) is 5.08. The zero-order valence-corrected chi connectivity index (χ0v) is 15.5. The summed E-state index contributed by atoms with van der Waals surface area (Å²) in [5, 5.41) is 0.467. The monoisotopic (exact) mass is 387 g/mol. The third kappa shape index (κ3) is 3.83. The molecule has 0 unspecified atom stereocenters. The van der Waals surface area contributed by atoms with Gasteiger partial charge >= 0.3 is 0 Å². The molecule has 1 aromatic carbocycles. The number of nitrogens with zero attached hydrogens (tertiary/aromatic N) is 3. The predicted molar refractivity (Wildman–Crippen MR) is 102 cm³/mol. The van der Waals surface area contributed by atoms with Crippen LogP contribution in [0.5, 0.6) is 0 Å². The largest absolute Gasteiger partial charge is 0.283 e. The lowest BCUT2D eigenvalue weighted by atomic mass is 9.88. The summed E-state index contributed by atoms with van der Waals surface area (Å²) >= 11 is 1.21. The van der Waals surface area contributed by atoms with Crippen LogP contribution in [0.4, 0.5) is 13.9 Å². The Kier molecular flexibility index (Phi) is 5.11. The summed E-state index contributed by atoms with van der Waals surface area (Å²) in [5.74, 6) is -1.85. The van der Waals surface area contributed by atoms with Gasteiger partial charge in [0.1, 0.15) is 0 Å². The number of carbonyl (C=O) groups excluding carboxylic acids is 1. The van der Waals surface area contributed by atoms with Gasteiger partial charge in [-0.1, -0.05) is 36.7 Å². The zero-order chi connectivity index (χ0) is 18.8. The first-order valence-corrected chi connectivity index (χ1v) is 9.89. The van der Waals surface area contributed by atoms with E-state index in [0.717, 1.165) is 49.8 Å². The van der Waals surface area contributed by atoms with E-state index in [1.54, 1.807) is 17.3 Å². The van der Waals surface area contributed by atoms with Crippen LogP contribution in [0, 0.1) is 17.6 Å². The quantitative estimate of drug-likeness (QED) is 0.627. The van der Waals surface area contributed by atoms with E-state index in [1.165, 1.54) is 11.3 Å². The van der Waals surface area contributed by atoms with Crippen molar-refractivity contribution in [1.29, 1.82) is 0 Å². The van der Waals surface area contributed by atoms with E-state index in [9.17, 15) is 13.6 Å². The van der Waals surface area contributed by atoms with Gasteiger partial charge < -0.3 is 0 Å². The summed E-state index contributed by atoms with van der Waals surface area (Å²) in [6.07, 6.45) is 8.40. The van der Waals surface area contributed by atoms with Gasteiger partial charge in [-0.3, -0.25) is 14.7 Å². The molecule has 0 spiro atoms. The maximum absolute atomic E-state index is 13.6. The van der Waals surface area contributed by atoms with E-state index < -0.39 is 11.6 Å². The highest BCUT2D eigenvalue weighted by atomic mass is 32.1. The fourth-order valence-corrected chi connectivity index (χ4v) is 4.49. The molecule has 4 rings (SSSR count). The Balaban J connectivity index is 1.71. The summed E-state index contributed by atoms with van der Waals surface area (Å²) in [7, 11) is 0. The van der Waals surface area contributed by atoms with Gasteiger partial charge in [0, 0.05) is 24.4 Å². The molecule has 0 saturated heterocycles. The number of halogens is 2. The second-order valence-corrected chi connectivity index (χ2v) is 7.86. The van der Waals surface area contributed by atoms with Crippen LogP contribution in [0.15, 0.2) is 36.7 Å². The lowest BCUT2D eigenvalue weighted by molar-refractivity contribution is -0.123. The topological polar surface area (TPSA) is 46.1 Å². The maximum atomic E-state index is 13.6. The van der Waals surface area contributed by atoms with Gasteiger partial charge in [0.15, 0.2) is 16.8 Å². The van der Waals surface area contributed by atoms with Gasteiger partial charge in [-0.05, 0) is 30.5 Å². The highest BCUT2D eigenvalue weighted by Gasteiger charge is 2.29. The molecule has 27 heavy (non-hydrogen) atoms. The number of pyridine rings is 1. The number of hydrogen-bond acceptors (Lipinski definition) is 4. The molecule has 1 aliphatic rings. The average molecular weight is 387 g/mol. The number of anilines is 1. The highest BCUT2D eigenvalue weighted by molar-refractivity contribution is 7.22. The fraction of sp³-hybridized carbons (Fsp3) is 0.350. The second kappa shape index (κ2) is 7.68. The third-order valence-electron chi connectivity index (χ3n) is 4.93. The Bertz CT molecular complexity index is 916. The Morgan fingerprint density at radius 1 is 1.19 bits per heavy atom. The summed E-state index contributed by atoms with van der Waals surface area (Å²) < 4.78 is 27.7. The second-order valence-electron chi connectivity index (χ2n) is 6.85. The Labute approximate surface area is 159 Å². The molecule has 0 atom stereocenters.